The minimum Gasteiger partial charge on any atom is -0.495 e. The Labute approximate surface area is 182 Å². The molecule has 1 saturated heterocycles. The molecule has 1 aliphatic rings. The summed E-state index contributed by atoms with van der Waals surface area (Å²) in [5, 5.41) is 5.05. The van der Waals surface area contributed by atoms with Crippen molar-refractivity contribution in [1.29, 1.82) is 0 Å². The van der Waals surface area contributed by atoms with Crippen LogP contribution in [0.1, 0.15) is 36.5 Å². The Morgan fingerprint density at radius 3 is 2.38 bits per heavy atom. The third kappa shape index (κ3) is 5.71. The van der Waals surface area contributed by atoms with E-state index in [9.17, 15) is 4.79 Å². The molecule has 5 nitrogen and oxygen atoms in total. The van der Waals surface area contributed by atoms with Gasteiger partial charge in [-0.05, 0) is 24.4 Å². The number of piperazine rings is 1. The van der Waals surface area contributed by atoms with Gasteiger partial charge in [0.05, 0.1) is 12.7 Å². The van der Waals surface area contributed by atoms with Gasteiger partial charge in [0.1, 0.15) is 5.75 Å². The number of carbonyl (C=O) groups excluding carboxylic acids is 1. The molecule has 0 unspecified atom stereocenters. The topological polar surface area (TPSA) is 44.8 Å². The van der Waals surface area contributed by atoms with E-state index in [1.54, 1.807) is 7.11 Å². The molecule has 2 aromatic carbocycles. The van der Waals surface area contributed by atoms with E-state index in [4.69, 9.17) is 4.74 Å². The SMILES string of the molecule is CCCCCN1CCN(CCNC(=O)c2cc(Br)c3ccccc3c2OC)CC1. The number of nitrogens with one attached hydrogen (secondary N) is 1. The molecule has 0 aromatic heterocycles. The third-order valence-electron chi connectivity index (χ3n) is 5.65. The van der Waals surface area contributed by atoms with Gasteiger partial charge in [-0.15, -0.1) is 0 Å². The fourth-order valence-electron chi connectivity index (χ4n) is 3.94. The molecule has 1 N–H and O–H groups in total. The fraction of sp³-hybridized carbons (Fsp3) is 0.522. The number of fused-ring (bicyclic) bond motifs is 1. The van der Waals surface area contributed by atoms with Gasteiger partial charge >= 0.3 is 0 Å². The van der Waals surface area contributed by atoms with Crippen LogP contribution in [0.2, 0.25) is 0 Å². The lowest BCUT2D eigenvalue weighted by molar-refractivity contribution is 0.0933. The molecule has 0 saturated carbocycles. The van der Waals surface area contributed by atoms with Crippen molar-refractivity contribution in [3.05, 3.63) is 40.4 Å². The third-order valence-corrected chi connectivity index (χ3v) is 6.31. The number of hydrogen-bond acceptors (Lipinski definition) is 4. The number of amides is 1. The van der Waals surface area contributed by atoms with Crippen LogP contribution in [0.4, 0.5) is 0 Å². The zero-order valence-electron chi connectivity index (χ0n) is 17.5. The molecule has 0 bridgehead atoms. The number of halogens is 1. The zero-order chi connectivity index (χ0) is 20.6. The maximum Gasteiger partial charge on any atom is 0.255 e. The minimum atomic E-state index is -0.0912. The summed E-state index contributed by atoms with van der Waals surface area (Å²) in [6.45, 7) is 9.40. The molecule has 0 aliphatic carbocycles. The highest BCUT2D eigenvalue weighted by molar-refractivity contribution is 9.10. The molecule has 0 atom stereocenters. The van der Waals surface area contributed by atoms with E-state index in [0.717, 1.165) is 48.0 Å². The Bertz CT molecular complexity index is 819. The number of hydrogen-bond donors (Lipinski definition) is 1. The van der Waals surface area contributed by atoms with Crippen molar-refractivity contribution in [2.75, 3.05) is 52.9 Å². The summed E-state index contributed by atoms with van der Waals surface area (Å²) in [5.74, 6) is 0.536. The predicted octanol–water partition coefficient (Wildman–Crippen LogP) is 4.15. The van der Waals surface area contributed by atoms with Crippen LogP contribution in [-0.2, 0) is 0 Å². The second-order valence-corrected chi connectivity index (χ2v) is 8.49. The summed E-state index contributed by atoms with van der Waals surface area (Å²) >= 11 is 3.59. The van der Waals surface area contributed by atoms with E-state index >= 15 is 0 Å². The molecule has 1 aliphatic heterocycles. The number of rotatable bonds is 9. The second-order valence-electron chi connectivity index (χ2n) is 7.63. The van der Waals surface area contributed by atoms with E-state index in [2.05, 4.69) is 38.0 Å². The molecular weight excluding hydrogens is 430 g/mol. The molecular formula is C23H32BrN3O2. The lowest BCUT2D eigenvalue weighted by Gasteiger charge is -2.34. The van der Waals surface area contributed by atoms with Crippen LogP contribution in [-0.4, -0.2) is 68.6 Å². The highest BCUT2D eigenvalue weighted by Crippen LogP contribution is 2.35. The standard InChI is InChI=1S/C23H32BrN3O2/c1-3-4-7-11-26-13-15-27(16-14-26)12-10-25-23(28)20-17-21(24)18-8-5-6-9-19(18)22(20)29-2/h5-6,8-9,17H,3-4,7,10-16H2,1-2H3,(H,25,28). The Morgan fingerprint density at radius 2 is 1.72 bits per heavy atom. The smallest absolute Gasteiger partial charge is 0.255 e. The Kier molecular flexibility index (Phi) is 8.33. The van der Waals surface area contributed by atoms with Crippen molar-refractivity contribution >= 4 is 32.6 Å². The largest absolute Gasteiger partial charge is 0.495 e. The van der Waals surface area contributed by atoms with Crippen LogP contribution >= 0.6 is 15.9 Å². The van der Waals surface area contributed by atoms with Crippen molar-refractivity contribution in [1.82, 2.24) is 15.1 Å². The summed E-state index contributed by atoms with van der Waals surface area (Å²) in [7, 11) is 1.62. The average Bonchev–Trinajstić information content (AvgIpc) is 2.75. The van der Waals surface area contributed by atoms with Crippen LogP contribution in [0.3, 0.4) is 0 Å². The monoisotopic (exact) mass is 461 g/mol. The van der Waals surface area contributed by atoms with Gasteiger partial charge in [0.2, 0.25) is 0 Å². The first-order chi connectivity index (χ1) is 14.1. The summed E-state index contributed by atoms with van der Waals surface area (Å²) in [5.41, 5.74) is 0.568. The van der Waals surface area contributed by atoms with Gasteiger partial charge in [-0.25, -0.2) is 0 Å². The summed E-state index contributed by atoms with van der Waals surface area (Å²) < 4.78 is 6.49. The maximum absolute atomic E-state index is 12.8. The molecule has 1 amide bonds. The molecule has 0 spiro atoms. The molecule has 3 rings (SSSR count). The second kappa shape index (κ2) is 11.0. The maximum atomic E-state index is 12.8. The average molecular weight is 462 g/mol. The Hall–Kier alpha value is -1.63. The number of benzene rings is 2. The summed E-state index contributed by atoms with van der Waals surface area (Å²) in [4.78, 5) is 17.8. The fourth-order valence-corrected chi connectivity index (χ4v) is 4.51. The summed E-state index contributed by atoms with van der Waals surface area (Å²) in [6, 6.07) is 9.80. The van der Waals surface area contributed by atoms with Crippen LogP contribution < -0.4 is 10.1 Å². The quantitative estimate of drug-likeness (QED) is 0.569. The summed E-state index contributed by atoms with van der Waals surface area (Å²) in [6.07, 6.45) is 3.90. The molecule has 29 heavy (non-hydrogen) atoms. The molecule has 158 valence electrons. The number of nitrogens with zero attached hydrogens (tertiary/aromatic N) is 2. The number of carbonyl (C=O) groups is 1. The van der Waals surface area contributed by atoms with Gasteiger partial charge in [-0.3, -0.25) is 9.69 Å². The first kappa shape index (κ1) is 22.1. The van der Waals surface area contributed by atoms with Crippen LogP contribution in [0, 0.1) is 0 Å². The minimum absolute atomic E-state index is 0.0912. The van der Waals surface area contributed by atoms with Crippen molar-refractivity contribution in [3.8, 4) is 5.75 Å². The van der Waals surface area contributed by atoms with Gasteiger partial charge in [-0.2, -0.15) is 0 Å². The van der Waals surface area contributed by atoms with Crippen LogP contribution in [0.15, 0.2) is 34.8 Å². The van der Waals surface area contributed by atoms with E-state index < -0.39 is 0 Å². The molecule has 1 heterocycles. The van der Waals surface area contributed by atoms with E-state index in [-0.39, 0.29) is 5.91 Å². The normalized spacial score (nSPS) is 15.6. The lowest BCUT2D eigenvalue weighted by atomic mass is 10.0. The number of methoxy groups -OCH3 is 1. The Balaban J connectivity index is 1.52. The number of unbranched alkanes of at least 4 members (excludes halogenated alkanes) is 2. The molecule has 2 aromatic rings. The van der Waals surface area contributed by atoms with Crippen molar-refractivity contribution in [3.63, 3.8) is 0 Å². The van der Waals surface area contributed by atoms with Crippen LogP contribution in [0.5, 0.6) is 5.75 Å². The van der Waals surface area contributed by atoms with Crippen molar-refractivity contribution in [2.45, 2.75) is 26.2 Å². The zero-order valence-corrected chi connectivity index (χ0v) is 19.1. The van der Waals surface area contributed by atoms with E-state index in [1.807, 2.05) is 30.3 Å². The van der Waals surface area contributed by atoms with Gasteiger partial charge in [-0.1, -0.05) is 60.0 Å². The molecule has 0 radical (unpaired) electrons. The Morgan fingerprint density at radius 1 is 1.07 bits per heavy atom. The number of ether oxygens (including phenoxy) is 1. The highest BCUT2D eigenvalue weighted by atomic mass is 79.9. The highest BCUT2D eigenvalue weighted by Gasteiger charge is 2.19. The van der Waals surface area contributed by atoms with Crippen molar-refractivity contribution in [2.24, 2.45) is 0 Å². The molecule has 1 fully saturated rings. The van der Waals surface area contributed by atoms with E-state index in [0.29, 0.717) is 17.9 Å². The predicted molar refractivity (Wildman–Crippen MR) is 123 cm³/mol. The first-order valence-corrected chi connectivity index (χ1v) is 11.4. The van der Waals surface area contributed by atoms with Gasteiger partial charge < -0.3 is 15.0 Å². The van der Waals surface area contributed by atoms with E-state index in [1.165, 1.54) is 25.8 Å². The lowest BCUT2D eigenvalue weighted by Crippen LogP contribution is -2.48. The van der Waals surface area contributed by atoms with Crippen LogP contribution in [0.25, 0.3) is 10.8 Å². The first-order valence-electron chi connectivity index (χ1n) is 10.6. The van der Waals surface area contributed by atoms with Gasteiger partial charge in [0.15, 0.2) is 0 Å². The molecule has 6 heteroatoms. The van der Waals surface area contributed by atoms with Crippen molar-refractivity contribution < 1.29 is 9.53 Å². The van der Waals surface area contributed by atoms with Gasteiger partial charge in [0, 0.05) is 49.1 Å². The van der Waals surface area contributed by atoms with Gasteiger partial charge in [0.25, 0.3) is 5.91 Å².